The average Bonchev–Trinajstić information content (AvgIpc) is 3.00. The molecule has 0 saturated heterocycles. The quantitative estimate of drug-likeness (QED) is 0.526. The molecule has 1 aromatic carbocycles. The predicted octanol–water partition coefficient (Wildman–Crippen LogP) is 3.57. The largest absolute Gasteiger partial charge is 0.357 e. The van der Waals surface area contributed by atoms with Crippen LogP contribution < -0.4 is 10.7 Å². The maximum absolute atomic E-state index is 12.2. The molecule has 3 aromatic rings. The molecule has 8 heteroatoms. The van der Waals surface area contributed by atoms with Crippen molar-refractivity contribution in [2.45, 2.75) is 30.9 Å². The summed E-state index contributed by atoms with van der Waals surface area (Å²) in [6.07, 6.45) is 0. The molecule has 0 saturated carbocycles. The van der Waals surface area contributed by atoms with Crippen LogP contribution in [0.25, 0.3) is 10.9 Å². The number of anilines is 1. The number of pyridine rings is 1. The van der Waals surface area contributed by atoms with E-state index in [-0.39, 0.29) is 17.3 Å². The lowest BCUT2D eigenvalue weighted by Crippen LogP contribution is -2.17. The van der Waals surface area contributed by atoms with E-state index in [1.807, 2.05) is 39.0 Å². The first-order valence-corrected chi connectivity index (χ1v) is 9.62. The fraction of sp³-hybridized carbons (Fsp3) is 0.294. The minimum atomic E-state index is -0.105. The Labute approximate surface area is 153 Å². The zero-order valence-electron chi connectivity index (χ0n) is 14.1. The lowest BCUT2D eigenvalue weighted by Gasteiger charge is -2.04. The Morgan fingerprint density at radius 1 is 1.32 bits per heavy atom. The highest BCUT2D eigenvalue weighted by atomic mass is 32.2. The van der Waals surface area contributed by atoms with Crippen molar-refractivity contribution in [2.24, 2.45) is 5.92 Å². The first kappa shape index (κ1) is 17.6. The van der Waals surface area contributed by atoms with E-state index in [9.17, 15) is 9.59 Å². The number of H-pyrrole nitrogens is 1. The van der Waals surface area contributed by atoms with Gasteiger partial charge < -0.3 is 10.3 Å². The summed E-state index contributed by atoms with van der Waals surface area (Å²) in [5.74, 6) is 0.388. The molecule has 0 spiro atoms. The van der Waals surface area contributed by atoms with Crippen molar-refractivity contribution in [2.75, 3.05) is 5.32 Å². The summed E-state index contributed by atoms with van der Waals surface area (Å²) < 4.78 is 0.740. The Bertz CT molecular complexity index is 978. The molecule has 2 aromatic heterocycles. The molecule has 6 nitrogen and oxygen atoms in total. The van der Waals surface area contributed by atoms with Crippen LogP contribution in [0.4, 0.5) is 5.13 Å². The van der Waals surface area contributed by atoms with E-state index >= 15 is 0 Å². The Morgan fingerprint density at radius 3 is 2.88 bits per heavy atom. The van der Waals surface area contributed by atoms with E-state index in [1.54, 1.807) is 6.07 Å². The number of nitrogens with one attached hydrogen (secondary N) is 2. The molecule has 0 atom stereocenters. The van der Waals surface area contributed by atoms with E-state index in [4.69, 9.17) is 0 Å². The van der Waals surface area contributed by atoms with E-state index in [0.29, 0.717) is 16.3 Å². The number of amides is 1. The maximum Gasteiger partial charge on any atom is 0.228 e. The lowest BCUT2D eigenvalue weighted by atomic mass is 10.1. The van der Waals surface area contributed by atoms with Gasteiger partial charge in [0.2, 0.25) is 11.0 Å². The molecule has 130 valence electrons. The topological polar surface area (TPSA) is 87.7 Å². The van der Waals surface area contributed by atoms with Gasteiger partial charge in [-0.3, -0.25) is 9.59 Å². The molecule has 0 aliphatic rings. The molecule has 0 unspecified atom stereocenters. The maximum atomic E-state index is 12.2. The number of aromatic nitrogens is 3. The van der Waals surface area contributed by atoms with Gasteiger partial charge in [0.05, 0.1) is 0 Å². The van der Waals surface area contributed by atoms with Gasteiger partial charge >= 0.3 is 0 Å². The third-order valence-corrected chi connectivity index (χ3v) is 5.57. The first-order valence-electron chi connectivity index (χ1n) is 7.82. The number of benzene rings is 1. The fourth-order valence-electron chi connectivity index (χ4n) is 2.21. The van der Waals surface area contributed by atoms with Gasteiger partial charge in [-0.15, -0.1) is 10.2 Å². The number of hydrogen-bond acceptors (Lipinski definition) is 6. The molecule has 0 aliphatic carbocycles. The molecule has 25 heavy (non-hydrogen) atoms. The Kier molecular flexibility index (Phi) is 5.19. The van der Waals surface area contributed by atoms with Crippen molar-refractivity contribution in [3.63, 3.8) is 0 Å². The smallest absolute Gasteiger partial charge is 0.228 e. The van der Waals surface area contributed by atoms with Gasteiger partial charge in [0.15, 0.2) is 9.77 Å². The molecule has 0 radical (unpaired) electrons. The summed E-state index contributed by atoms with van der Waals surface area (Å²) in [6.45, 7) is 5.64. The van der Waals surface area contributed by atoms with Crippen LogP contribution in [-0.2, 0) is 10.5 Å². The second-order valence-corrected chi connectivity index (χ2v) is 8.21. The summed E-state index contributed by atoms with van der Waals surface area (Å²) in [6, 6.07) is 7.36. The molecular weight excluding hydrogens is 356 g/mol. The minimum Gasteiger partial charge on any atom is -0.357 e. The minimum absolute atomic E-state index is 0.00602. The van der Waals surface area contributed by atoms with E-state index in [0.717, 1.165) is 21.1 Å². The van der Waals surface area contributed by atoms with Gasteiger partial charge in [-0.2, -0.15) is 0 Å². The molecule has 0 bridgehead atoms. The number of carbonyl (C=O) groups is 1. The van der Waals surface area contributed by atoms with Gasteiger partial charge in [-0.1, -0.05) is 43.0 Å². The van der Waals surface area contributed by atoms with Crippen LogP contribution in [0.5, 0.6) is 0 Å². The third-order valence-electron chi connectivity index (χ3n) is 3.55. The molecular formula is C17H18N4O2S2. The van der Waals surface area contributed by atoms with Crippen LogP contribution in [0, 0.1) is 12.8 Å². The van der Waals surface area contributed by atoms with Crippen molar-refractivity contribution in [1.29, 1.82) is 0 Å². The number of thioether (sulfide) groups is 1. The van der Waals surface area contributed by atoms with Gasteiger partial charge in [-0.25, -0.2) is 0 Å². The van der Waals surface area contributed by atoms with Gasteiger partial charge in [0.25, 0.3) is 0 Å². The molecule has 3 rings (SSSR count). The number of fused-ring (bicyclic) bond motifs is 1. The standard InChI is InChI=1S/C17H18N4O2S2/c1-9(2)15(23)19-16-20-21-17(25-16)24-8-11-7-14(22)12-5-4-10(3)6-13(12)18-11/h4-7,9H,8H2,1-3H3,(H,18,22)(H,19,20,23). The SMILES string of the molecule is Cc1ccc2c(=O)cc(CSc3nnc(NC(=O)C(C)C)s3)[nH]c2c1. The van der Waals surface area contributed by atoms with Gasteiger partial charge in [-0.05, 0) is 24.6 Å². The fourth-order valence-corrected chi connectivity index (χ4v) is 3.87. The molecule has 0 aliphatic heterocycles. The van der Waals surface area contributed by atoms with Crippen molar-refractivity contribution in [3.8, 4) is 0 Å². The van der Waals surface area contributed by atoms with Crippen molar-refractivity contribution >= 4 is 45.0 Å². The van der Waals surface area contributed by atoms with Gasteiger partial charge in [0.1, 0.15) is 0 Å². The molecule has 2 heterocycles. The van der Waals surface area contributed by atoms with E-state index < -0.39 is 0 Å². The predicted molar refractivity (Wildman–Crippen MR) is 102 cm³/mol. The second-order valence-electron chi connectivity index (χ2n) is 6.01. The molecule has 1 amide bonds. The number of rotatable bonds is 5. The first-order chi connectivity index (χ1) is 11.9. The zero-order chi connectivity index (χ0) is 18.0. The molecule has 2 N–H and O–H groups in total. The monoisotopic (exact) mass is 374 g/mol. The Morgan fingerprint density at radius 2 is 2.12 bits per heavy atom. The van der Waals surface area contributed by atoms with Crippen LogP contribution in [0.1, 0.15) is 25.1 Å². The zero-order valence-corrected chi connectivity index (χ0v) is 15.8. The number of hydrogen-bond donors (Lipinski definition) is 2. The van der Waals surface area contributed by atoms with Crippen LogP contribution in [-0.4, -0.2) is 21.1 Å². The summed E-state index contributed by atoms with van der Waals surface area (Å²) in [4.78, 5) is 27.2. The summed E-state index contributed by atoms with van der Waals surface area (Å²) >= 11 is 2.80. The second kappa shape index (κ2) is 7.37. The van der Waals surface area contributed by atoms with Crippen molar-refractivity contribution in [1.82, 2.24) is 15.2 Å². The molecule has 0 fully saturated rings. The normalized spacial score (nSPS) is 11.2. The Hall–Kier alpha value is -2.19. The highest BCUT2D eigenvalue weighted by Gasteiger charge is 2.12. The lowest BCUT2D eigenvalue weighted by molar-refractivity contribution is -0.118. The van der Waals surface area contributed by atoms with Crippen molar-refractivity contribution < 1.29 is 4.79 Å². The van der Waals surface area contributed by atoms with E-state index in [2.05, 4.69) is 20.5 Å². The highest BCUT2D eigenvalue weighted by Crippen LogP contribution is 2.28. The Balaban J connectivity index is 1.72. The number of aromatic amines is 1. The number of aryl methyl sites for hydroxylation is 1. The third kappa shape index (κ3) is 4.26. The summed E-state index contributed by atoms with van der Waals surface area (Å²) in [7, 11) is 0. The summed E-state index contributed by atoms with van der Waals surface area (Å²) in [5, 5.41) is 12.0. The van der Waals surface area contributed by atoms with Crippen LogP contribution in [0.2, 0.25) is 0 Å². The van der Waals surface area contributed by atoms with E-state index in [1.165, 1.54) is 23.1 Å². The van der Waals surface area contributed by atoms with Crippen molar-refractivity contribution in [3.05, 3.63) is 45.7 Å². The average molecular weight is 374 g/mol. The van der Waals surface area contributed by atoms with Crippen LogP contribution in [0.3, 0.4) is 0 Å². The van der Waals surface area contributed by atoms with Gasteiger partial charge in [0, 0.05) is 34.3 Å². The number of carbonyl (C=O) groups excluding carboxylic acids is 1. The van der Waals surface area contributed by atoms with Crippen LogP contribution in [0.15, 0.2) is 33.4 Å². The summed E-state index contributed by atoms with van der Waals surface area (Å²) in [5.41, 5.74) is 2.77. The van der Waals surface area contributed by atoms with Crippen LogP contribution >= 0.6 is 23.1 Å². The highest BCUT2D eigenvalue weighted by molar-refractivity contribution is 8.00. The number of nitrogens with zero attached hydrogens (tertiary/aromatic N) is 2.